The molecule has 8 heteroatoms. The summed E-state index contributed by atoms with van der Waals surface area (Å²) in [6, 6.07) is 7.00. The molecule has 8 nitrogen and oxygen atoms in total. The van der Waals surface area contributed by atoms with Crippen molar-refractivity contribution in [1.82, 2.24) is 14.9 Å². The van der Waals surface area contributed by atoms with Crippen LogP contribution in [0.2, 0.25) is 0 Å². The number of hydrogen-bond acceptors (Lipinski definition) is 6. The molecule has 1 aromatic heterocycles. The normalized spacial score (nSPS) is 14.9. The number of ether oxygens (including phenoxy) is 2. The van der Waals surface area contributed by atoms with Crippen LogP contribution in [0.3, 0.4) is 0 Å². The molecule has 1 fully saturated rings. The van der Waals surface area contributed by atoms with Gasteiger partial charge in [0.2, 0.25) is 0 Å². The lowest BCUT2D eigenvalue weighted by atomic mass is 10.1. The van der Waals surface area contributed by atoms with Crippen molar-refractivity contribution in [2.45, 2.75) is 45.3 Å². The van der Waals surface area contributed by atoms with Crippen molar-refractivity contribution in [3.8, 4) is 11.3 Å². The van der Waals surface area contributed by atoms with Crippen LogP contribution in [0, 0.1) is 0 Å². The van der Waals surface area contributed by atoms with E-state index in [9.17, 15) is 14.4 Å². The smallest absolute Gasteiger partial charge is 0.411 e. The van der Waals surface area contributed by atoms with Gasteiger partial charge in [0.15, 0.2) is 0 Å². The first-order valence-corrected chi connectivity index (χ1v) is 11.2. The summed E-state index contributed by atoms with van der Waals surface area (Å²) in [5, 5.41) is 0. The Bertz CT molecular complexity index is 1160. The molecule has 0 saturated carbocycles. The second-order valence-electron chi connectivity index (χ2n) is 8.81. The Labute approximate surface area is 206 Å². The zero-order chi connectivity index (χ0) is 26.2. The standard InChI is InChI=1S/C16H14N2O.C11H19NO4/c1-4-11-8-7-9-12(10-11)15-16(19)18-14(6-3)13(5-2)17-15;1-11(2,3)16-10(14)12-7-5-6-8(12)9(13)15-4/h4-10H,1-3H2,(H,18,19);8H,5-7H2,1-4H3. The molecule has 2 heterocycles. The monoisotopic (exact) mass is 479 g/mol. The number of carbonyl (C=O) groups excluding carboxylic acids is 2. The lowest BCUT2D eigenvalue weighted by Crippen LogP contribution is -2.43. The van der Waals surface area contributed by atoms with Gasteiger partial charge in [0.25, 0.3) is 5.56 Å². The van der Waals surface area contributed by atoms with E-state index in [1.54, 1.807) is 39.0 Å². The fourth-order valence-corrected chi connectivity index (χ4v) is 3.48. The SMILES string of the molecule is C=Cc1cccc(-c2nc(C=C)c(C=C)[nH]c2=O)c1.COC(=O)C1CCCN1C(=O)OC(C)(C)C. The van der Waals surface area contributed by atoms with E-state index in [1.165, 1.54) is 12.0 Å². The minimum atomic E-state index is -0.541. The number of nitrogens with one attached hydrogen (secondary N) is 1. The van der Waals surface area contributed by atoms with Crippen LogP contribution in [-0.4, -0.2) is 52.2 Å². The summed E-state index contributed by atoms with van der Waals surface area (Å²) in [4.78, 5) is 43.8. The molecule has 0 radical (unpaired) electrons. The molecule has 1 amide bonds. The first-order valence-electron chi connectivity index (χ1n) is 11.2. The molecule has 186 valence electrons. The Morgan fingerprint density at radius 3 is 2.46 bits per heavy atom. The van der Waals surface area contributed by atoms with Crippen LogP contribution in [0.25, 0.3) is 29.5 Å². The van der Waals surface area contributed by atoms with Crippen LogP contribution >= 0.6 is 0 Å². The van der Waals surface area contributed by atoms with Crippen molar-refractivity contribution in [3.63, 3.8) is 0 Å². The van der Waals surface area contributed by atoms with E-state index < -0.39 is 17.7 Å². The fraction of sp³-hybridized carbons (Fsp3) is 0.333. The molecule has 1 saturated heterocycles. The summed E-state index contributed by atoms with van der Waals surface area (Å²) in [5.41, 5.74) is 2.44. The third kappa shape index (κ3) is 7.27. The number of H-pyrrole nitrogens is 1. The summed E-state index contributed by atoms with van der Waals surface area (Å²) in [7, 11) is 1.33. The molecule has 0 aliphatic carbocycles. The zero-order valence-corrected chi connectivity index (χ0v) is 20.8. The second kappa shape index (κ2) is 12.0. The van der Waals surface area contributed by atoms with E-state index in [-0.39, 0.29) is 11.5 Å². The minimum Gasteiger partial charge on any atom is -0.467 e. The highest BCUT2D eigenvalue weighted by Crippen LogP contribution is 2.21. The number of aromatic amines is 1. The van der Waals surface area contributed by atoms with Gasteiger partial charge in [0, 0.05) is 12.1 Å². The lowest BCUT2D eigenvalue weighted by Gasteiger charge is -2.27. The van der Waals surface area contributed by atoms with E-state index in [0.29, 0.717) is 30.0 Å². The highest BCUT2D eigenvalue weighted by Gasteiger charge is 2.37. The third-order valence-electron chi connectivity index (χ3n) is 5.12. The molecule has 1 N–H and O–H groups in total. The maximum absolute atomic E-state index is 12.0. The van der Waals surface area contributed by atoms with Gasteiger partial charge in [-0.25, -0.2) is 14.6 Å². The number of amides is 1. The van der Waals surface area contributed by atoms with Crippen LogP contribution in [0.4, 0.5) is 4.79 Å². The van der Waals surface area contributed by atoms with E-state index in [2.05, 4.69) is 34.4 Å². The number of rotatable bonds is 5. The van der Waals surface area contributed by atoms with E-state index in [0.717, 1.165) is 17.5 Å². The van der Waals surface area contributed by atoms with Crippen LogP contribution in [0.5, 0.6) is 0 Å². The molecule has 1 unspecified atom stereocenters. The Morgan fingerprint density at radius 2 is 1.89 bits per heavy atom. The number of hydrogen-bond donors (Lipinski definition) is 1. The molecule has 1 aliphatic heterocycles. The molecule has 1 aliphatic rings. The van der Waals surface area contributed by atoms with Crippen molar-refractivity contribution in [1.29, 1.82) is 0 Å². The first kappa shape index (κ1) is 27.3. The van der Waals surface area contributed by atoms with Crippen molar-refractivity contribution >= 4 is 30.3 Å². The highest BCUT2D eigenvalue weighted by atomic mass is 16.6. The molecular weight excluding hydrogens is 446 g/mol. The maximum atomic E-state index is 12.0. The van der Waals surface area contributed by atoms with Crippen LogP contribution in [0.1, 0.15) is 50.6 Å². The number of esters is 1. The molecule has 1 atom stereocenters. The Balaban J connectivity index is 0.000000251. The van der Waals surface area contributed by atoms with Gasteiger partial charge >= 0.3 is 12.1 Å². The molecule has 0 bridgehead atoms. The van der Waals surface area contributed by atoms with Crippen molar-refractivity contribution in [2.24, 2.45) is 0 Å². The highest BCUT2D eigenvalue weighted by molar-refractivity contribution is 5.82. The number of carbonyl (C=O) groups is 2. The van der Waals surface area contributed by atoms with Crippen molar-refractivity contribution in [2.75, 3.05) is 13.7 Å². The molecule has 2 aromatic rings. The summed E-state index contributed by atoms with van der Waals surface area (Å²) < 4.78 is 9.88. The quantitative estimate of drug-likeness (QED) is 0.611. The van der Waals surface area contributed by atoms with Crippen LogP contribution < -0.4 is 5.56 Å². The average Bonchev–Trinajstić information content (AvgIpc) is 3.33. The summed E-state index contributed by atoms with van der Waals surface area (Å²) in [6.45, 7) is 17.0. The number of likely N-dealkylation sites (tertiary alicyclic amines) is 1. The van der Waals surface area contributed by atoms with Crippen LogP contribution in [0.15, 0.2) is 48.8 Å². The predicted octanol–water partition coefficient (Wildman–Crippen LogP) is 4.92. The first-order chi connectivity index (χ1) is 16.5. The van der Waals surface area contributed by atoms with Gasteiger partial charge in [-0.15, -0.1) is 0 Å². The molecule has 3 rings (SSSR count). The second-order valence-corrected chi connectivity index (χ2v) is 8.81. The van der Waals surface area contributed by atoms with E-state index >= 15 is 0 Å². The zero-order valence-electron chi connectivity index (χ0n) is 20.8. The summed E-state index contributed by atoms with van der Waals surface area (Å²) in [5.74, 6) is -0.372. The number of benzene rings is 1. The largest absolute Gasteiger partial charge is 0.467 e. The number of nitrogens with zero attached hydrogens (tertiary/aromatic N) is 2. The third-order valence-corrected chi connectivity index (χ3v) is 5.12. The van der Waals surface area contributed by atoms with Gasteiger partial charge in [0.1, 0.15) is 17.3 Å². The molecule has 0 spiro atoms. The summed E-state index contributed by atoms with van der Waals surface area (Å²) >= 11 is 0. The van der Waals surface area contributed by atoms with Gasteiger partial charge in [-0.1, -0.05) is 44.0 Å². The Kier molecular flexibility index (Phi) is 9.34. The van der Waals surface area contributed by atoms with E-state index in [1.807, 2.05) is 24.3 Å². The topological polar surface area (TPSA) is 102 Å². The lowest BCUT2D eigenvalue weighted by molar-refractivity contribution is -0.145. The fourth-order valence-electron chi connectivity index (χ4n) is 3.48. The number of methoxy groups -OCH3 is 1. The maximum Gasteiger partial charge on any atom is 0.411 e. The summed E-state index contributed by atoms with van der Waals surface area (Å²) in [6.07, 6.45) is 5.87. The van der Waals surface area contributed by atoms with Crippen molar-refractivity contribution < 1.29 is 19.1 Å². The molecular formula is C27H33N3O5. The molecule has 35 heavy (non-hydrogen) atoms. The van der Waals surface area contributed by atoms with Gasteiger partial charge in [-0.05, 0) is 57.4 Å². The Morgan fingerprint density at radius 1 is 1.17 bits per heavy atom. The Hall–Kier alpha value is -3.94. The van der Waals surface area contributed by atoms with Gasteiger partial charge in [0.05, 0.1) is 18.5 Å². The van der Waals surface area contributed by atoms with Crippen LogP contribution in [-0.2, 0) is 14.3 Å². The van der Waals surface area contributed by atoms with Crippen molar-refractivity contribution in [3.05, 3.63) is 71.3 Å². The average molecular weight is 480 g/mol. The number of aromatic nitrogens is 2. The minimum absolute atomic E-state index is 0.248. The van der Waals surface area contributed by atoms with Gasteiger partial charge in [-0.3, -0.25) is 9.69 Å². The predicted molar refractivity (Wildman–Crippen MR) is 139 cm³/mol. The molecule has 1 aromatic carbocycles. The van der Waals surface area contributed by atoms with Gasteiger partial charge < -0.3 is 14.5 Å². The van der Waals surface area contributed by atoms with E-state index in [4.69, 9.17) is 4.74 Å². The van der Waals surface area contributed by atoms with Gasteiger partial charge in [-0.2, -0.15) is 0 Å².